The first-order valence-corrected chi connectivity index (χ1v) is 12.1. The van der Waals surface area contributed by atoms with Crippen LogP contribution < -0.4 is 10.1 Å². The Morgan fingerprint density at radius 3 is 2.48 bits per heavy atom. The minimum Gasteiger partial charge on any atom is -0.484 e. The lowest BCUT2D eigenvalue weighted by Gasteiger charge is -2.31. The van der Waals surface area contributed by atoms with Gasteiger partial charge in [-0.05, 0) is 77.7 Å². The zero-order valence-corrected chi connectivity index (χ0v) is 20.6. The maximum Gasteiger partial charge on any atom is 0.261 e. The summed E-state index contributed by atoms with van der Waals surface area (Å²) in [6.45, 7) is 2.04. The number of ether oxygens (including phenoxy) is 1. The molecule has 166 valence electrons. The van der Waals surface area contributed by atoms with E-state index in [-0.39, 0.29) is 31.0 Å². The van der Waals surface area contributed by atoms with Crippen LogP contribution in [-0.4, -0.2) is 35.4 Å². The van der Waals surface area contributed by atoms with E-state index in [4.69, 9.17) is 16.3 Å². The van der Waals surface area contributed by atoms with Crippen molar-refractivity contribution in [2.24, 2.45) is 0 Å². The van der Waals surface area contributed by atoms with Crippen molar-refractivity contribution < 1.29 is 14.3 Å². The number of rotatable bonds is 9. The van der Waals surface area contributed by atoms with Crippen molar-refractivity contribution in [1.29, 1.82) is 0 Å². The molecule has 2 aromatic rings. The minimum absolute atomic E-state index is 0.107. The summed E-state index contributed by atoms with van der Waals surface area (Å²) in [5.74, 6) is 0.269. The Kier molecular flexibility index (Phi) is 9.02. The van der Waals surface area contributed by atoms with Gasteiger partial charge in [-0.2, -0.15) is 0 Å². The van der Waals surface area contributed by atoms with Crippen molar-refractivity contribution in [2.75, 3.05) is 6.61 Å². The van der Waals surface area contributed by atoms with Crippen LogP contribution in [0, 0.1) is 3.57 Å². The monoisotopic (exact) mass is 554 g/mol. The van der Waals surface area contributed by atoms with Crippen LogP contribution in [0.25, 0.3) is 0 Å². The van der Waals surface area contributed by atoms with Crippen LogP contribution in [0.15, 0.2) is 48.5 Å². The van der Waals surface area contributed by atoms with Crippen LogP contribution in [-0.2, 0) is 16.1 Å². The quantitative estimate of drug-likeness (QED) is 0.434. The summed E-state index contributed by atoms with van der Waals surface area (Å²) in [7, 11) is 0. The van der Waals surface area contributed by atoms with Crippen LogP contribution in [0.3, 0.4) is 0 Å². The van der Waals surface area contributed by atoms with Crippen LogP contribution in [0.2, 0.25) is 5.02 Å². The van der Waals surface area contributed by atoms with Crippen molar-refractivity contribution in [3.63, 3.8) is 0 Å². The molecule has 5 nitrogen and oxygen atoms in total. The molecule has 3 rings (SSSR count). The largest absolute Gasteiger partial charge is 0.484 e. The van der Waals surface area contributed by atoms with E-state index in [1.807, 2.05) is 49.4 Å². The topological polar surface area (TPSA) is 58.6 Å². The SMILES string of the molecule is CC[C@H](C(=O)NC1CCCC1)N(Cc1ccccc1Cl)C(=O)COc1ccc(I)cc1. The van der Waals surface area contributed by atoms with Gasteiger partial charge in [0.2, 0.25) is 5.91 Å². The highest BCUT2D eigenvalue weighted by molar-refractivity contribution is 14.1. The number of nitrogens with zero attached hydrogens (tertiary/aromatic N) is 1. The minimum atomic E-state index is -0.579. The van der Waals surface area contributed by atoms with Gasteiger partial charge in [-0.25, -0.2) is 0 Å². The first-order valence-electron chi connectivity index (χ1n) is 10.7. The molecule has 31 heavy (non-hydrogen) atoms. The molecule has 0 aromatic heterocycles. The van der Waals surface area contributed by atoms with Gasteiger partial charge in [-0.15, -0.1) is 0 Å². The number of amides is 2. The number of halogens is 2. The van der Waals surface area contributed by atoms with Crippen molar-refractivity contribution >= 4 is 46.0 Å². The van der Waals surface area contributed by atoms with Crippen molar-refractivity contribution in [3.05, 3.63) is 62.7 Å². The molecule has 2 aromatic carbocycles. The van der Waals surface area contributed by atoms with Gasteiger partial charge in [0.1, 0.15) is 11.8 Å². The summed E-state index contributed by atoms with van der Waals surface area (Å²) in [4.78, 5) is 27.9. The van der Waals surface area contributed by atoms with Gasteiger partial charge < -0.3 is 15.0 Å². The second-order valence-corrected chi connectivity index (χ2v) is 9.42. The third-order valence-corrected chi connectivity index (χ3v) is 6.65. The highest BCUT2D eigenvalue weighted by Crippen LogP contribution is 2.22. The van der Waals surface area contributed by atoms with Gasteiger partial charge >= 0.3 is 0 Å². The molecule has 0 aliphatic heterocycles. The lowest BCUT2D eigenvalue weighted by atomic mass is 10.1. The summed E-state index contributed by atoms with van der Waals surface area (Å²) >= 11 is 8.57. The predicted molar refractivity (Wildman–Crippen MR) is 131 cm³/mol. The molecule has 0 radical (unpaired) electrons. The molecule has 1 aliphatic rings. The second kappa shape index (κ2) is 11.7. The molecule has 2 amide bonds. The zero-order valence-electron chi connectivity index (χ0n) is 17.7. The molecule has 1 saturated carbocycles. The molecular formula is C24H28ClIN2O3. The first-order chi connectivity index (χ1) is 15.0. The number of carbonyl (C=O) groups excluding carboxylic acids is 2. The maximum absolute atomic E-state index is 13.2. The van der Waals surface area contributed by atoms with Crippen molar-refractivity contribution in [2.45, 2.75) is 57.7 Å². The van der Waals surface area contributed by atoms with E-state index < -0.39 is 6.04 Å². The summed E-state index contributed by atoms with van der Waals surface area (Å²) in [6.07, 6.45) is 4.77. The lowest BCUT2D eigenvalue weighted by molar-refractivity contribution is -0.143. The molecular weight excluding hydrogens is 527 g/mol. The molecule has 0 heterocycles. The molecule has 0 saturated heterocycles. The predicted octanol–water partition coefficient (Wildman–Crippen LogP) is 5.19. The van der Waals surface area contributed by atoms with Crippen LogP contribution >= 0.6 is 34.2 Å². The van der Waals surface area contributed by atoms with Gasteiger partial charge in [0.05, 0.1) is 0 Å². The Labute approximate surface area is 202 Å². The Bertz CT molecular complexity index is 885. The Balaban J connectivity index is 1.76. The van der Waals surface area contributed by atoms with Crippen molar-refractivity contribution in [1.82, 2.24) is 10.2 Å². The summed E-state index contributed by atoms with van der Waals surface area (Å²) in [5, 5.41) is 3.71. The fourth-order valence-corrected chi connectivity index (χ4v) is 4.41. The van der Waals surface area contributed by atoms with Gasteiger partial charge in [0.15, 0.2) is 6.61 Å². The second-order valence-electron chi connectivity index (χ2n) is 7.77. The van der Waals surface area contributed by atoms with Crippen molar-refractivity contribution in [3.8, 4) is 5.75 Å². The Morgan fingerprint density at radius 2 is 1.84 bits per heavy atom. The van der Waals surface area contributed by atoms with Crippen LogP contribution in [0.5, 0.6) is 5.75 Å². The van der Waals surface area contributed by atoms with E-state index in [1.54, 1.807) is 11.0 Å². The number of hydrogen-bond donors (Lipinski definition) is 1. The number of benzene rings is 2. The molecule has 0 spiro atoms. The van der Waals surface area contributed by atoms with E-state index in [2.05, 4.69) is 27.9 Å². The molecule has 1 aliphatic carbocycles. The first kappa shape index (κ1) is 23.9. The van der Waals surface area contributed by atoms with Crippen LogP contribution in [0.4, 0.5) is 0 Å². The number of hydrogen-bond acceptors (Lipinski definition) is 3. The van der Waals surface area contributed by atoms with Gasteiger partial charge in [0.25, 0.3) is 5.91 Å². The molecule has 7 heteroatoms. The van der Waals surface area contributed by atoms with E-state index in [9.17, 15) is 9.59 Å². The fourth-order valence-electron chi connectivity index (χ4n) is 3.86. The number of nitrogens with one attached hydrogen (secondary N) is 1. The van der Waals surface area contributed by atoms with E-state index >= 15 is 0 Å². The highest BCUT2D eigenvalue weighted by Gasteiger charge is 2.31. The number of carbonyl (C=O) groups is 2. The standard InChI is InChI=1S/C24H28ClIN2O3/c1-2-22(24(30)27-19-8-4-5-9-19)28(15-17-7-3-6-10-21(17)25)23(29)16-31-20-13-11-18(26)12-14-20/h3,6-7,10-14,19,22H,2,4-5,8-9,15-16H2,1H3,(H,27,30)/t22-/m1/s1. The summed E-state index contributed by atoms with van der Waals surface area (Å²) in [6, 6.07) is 14.5. The lowest BCUT2D eigenvalue weighted by Crippen LogP contribution is -2.52. The smallest absolute Gasteiger partial charge is 0.261 e. The summed E-state index contributed by atoms with van der Waals surface area (Å²) in [5.41, 5.74) is 0.805. The fraction of sp³-hybridized carbons (Fsp3) is 0.417. The van der Waals surface area contributed by atoms with E-state index in [1.165, 1.54) is 0 Å². The third kappa shape index (κ3) is 6.84. The third-order valence-electron chi connectivity index (χ3n) is 5.56. The van der Waals surface area contributed by atoms with Gasteiger partial charge in [-0.3, -0.25) is 9.59 Å². The Hall–Kier alpha value is -1.80. The van der Waals surface area contributed by atoms with E-state index in [0.717, 1.165) is 34.8 Å². The normalized spacial score (nSPS) is 14.8. The summed E-state index contributed by atoms with van der Waals surface area (Å²) < 4.78 is 6.81. The molecule has 0 bridgehead atoms. The average molecular weight is 555 g/mol. The molecule has 1 fully saturated rings. The van der Waals surface area contributed by atoms with E-state index in [0.29, 0.717) is 17.2 Å². The van der Waals surface area contributed by atoms with Gasteiger partial charge in [0, 0.05) is 21.2 Å². The zero-order chi connectivity index (χ0) is 22.2. The molecule has 1 N–H and O–H groups in total. The van der Waals surface area contributed by atoms with Crippen LogP contribution in [0.1, 0.15) is 44.6 Å². The highest BCUT2D eigenvalue weighted by atomic mass is 127. The van der Waals surface area contributed by atoms with Gasteiger partial charge in [-0.1, -0.05) is 49.6 Å². The maximum atomic E-state index is 13.2. The molecule has 1 atom stereocenters. The Morgan fingerprint density at radius 1 is 1.16 bits per heavy atom. The average Bonchev–Trinajstić information content (AvgIpc) is 3.27. The molecule has 0 unspecified atom stereocenters.